The highest BCUT2D eigenvalue weighted by molar-refractivity contribution is 7.22. The van der Waals surface area contributed by atoms with Crippen molar-refractivity contribution in [1.82, 2.24) is 4.98 Å². The van der Waals surface area contributed by atoms with Crippen LogP contribution in [0, 0.1) is 11.5 Å². The van der Waals surface area contributed by atoms with E-state index in [4.69, 9.17) is 10.5 Å². The monoisotopic (exact) mass is 302 g/mol. The topological polar surface area (TPSA) is 68.5 Å². The predicted molar refractivity (Wildman–Crippen MR) is 81.7 cm³/mol. The smallest absolute Gasteiger partial charge is 0.251 e. The summed E-state index contributed by atoms with van der Waals surface area (Å²) >= 11 is 1.62. The van der Waals surface area contributed by atoms with Crippen molar-refractivity contribution in [2.75, 3.05) is 31.2 Å². The Hall–Kier alpha value is -1.66. The number of carbonyl (C=O) groups excluding carboxylic acids is 1. The zero-order chi connectivity index (χ0) is 14.4. The van der Waals surface area contributed by atoms with Crippen molar-refractivity contribution >= 4 is 32.6 Å². The molecule has 1 spiro atoms. The lowest BCUT2D eigenvalue weighted by Gasteiger charge is -2.48. The van der Waals surface area contributed by atoms with Gasteiger partial charge < -0.3 is 15.4 Å². The standard InChI is InChI=1S/C15H16N3O2S/c16-13(19)10-3-1-4-11-12(10)17-14(21-11)18-6-2-5-15(7-18)8-20-9-15/h1,4H,2,5-9H2,(H2,16,19). The van der Waals surface area contributed by atoms with Crippen LogP contribution in [0.5, 0.6) is 0 Å². The van der Waals surface area contributed by atoms with E-state index in [0.29, 0.717) is 16.5 Å². The summed E-state index contributed by atoms with van der Waals surface area (Å²) < 4.78 is 6.39. The SMILES string of the molecule is NC(=O)c1[c]ccc2sc(N3CCCC4(COC4)C3)nc12. The highest BCUT2D eigenvalue weighted by Crippen LogP contribution is 2.40. The Morgan fingerprint density at radius 3 is 3.10 bits per heavy atom. The number of ether oxygens (including phenoxy) is 1. The third-order valence-corrected chi connectivity index (χ3v) is 5.42. The van der Waals surface area contributed by atoms with Crippen LogP contribution in [0.25, 0.3) is 10.2 Å². The van der Waals surface area contributed by atoms with Gasteiger partial charge in [-0.1, -0.05) is 17.4 Å². The van der Waals surface area contributed by atoms with Gasteiger partial charge in [0.25, 0.3) is 5.91 Å². The molecule has 2 aliphatic rings. The summed E-state index contributed by atoms with van der Waals surface area (Å²) in [5.41, 5.74) is 6.78. The molecule has 6 heteroatoms. The lowest BCUT2D eigenvalue weighted by atomic mass is 9.78. The number of amides is 1. The predicted octanol–water partition coefficient (Wildman–Crippen LogP) is 1.81. The van der Waals surface area contributed by atoms with Gasteiger partial charge in [-0.2, -0.15) is 0 Å². The number of benzene rings is 1. The van der Waals surface area contributed by atoms with Crippen LogP contribution in [0.15, 0.2) is 12.1 Å². The molecule has 109 valence electrons. The summed E-state index contributed by atoms with van der Waals surface area (Å²) in [6, 6.07) is 6.57. The van der Waals surface area contributed by atoms with E-state index in [0.717, 1.165) is 42.6 Å². The Morgan fingerprint density at radius 1 is 1.52 bits per heavy atom. The van der Waals surface area contributed by atoms with Crippen LogP contribution in [-0.2, 0) is 4.74 Å². The Bertz CT molecular complexity index is 708. The second-order valence-electron chi connectivity index (χ2n) is 5.94. The highest BCUT2D eigenvalue weighted by Gasteiger charge is 2.42. The van der Waals surface area contributed by atoms with Crippen LogP contribution < -0.4 is 10.6 Å². The van der Waals surface area contributed by atoms with Crippen LogP contribution in [0.1, 0.15) is 23.2 Å². The number of nitrogens with two attached hydrogens (primary N) is 1. The van der Waals surface area contributed by atoms with Gasteiger partial charge in [-0.3, -0.25) is 4.79 Å². The number of anilines is 1. The van der Waals surface area contributed by atoms with Crippen LogP contribution in [0.4, 0.5) is 5.13 Å². The molecule has 1 amide bonds. The molecule has 21 heavy (non-hydrogen) atoms. The molecule has 0 atom stereocenters. The molecule has 2 N–H and O–H groups in total. The molecule has 0 aliphatic carbocycles. The number of hydrogen-bond donors (Lipinski definition) is 1. The summed E-state index contributed by atoms with van der Waals surface area (Å²) in [6.07, 6.45) is 2.39. The molecule has 2 aromatic rings. The number of piperidine rings is 1. The van der Waals surface area contributed by atoms with Gasteiger partial charge in [0, 0.05) is 18.5 Å². The first-order valence-electron chi connectivity index (χ1n) is 7.11. The number of rotatable bonds is 2. The van der Waals surface area contributed by atoms with Crippen molar-refractivity contribution in [3.8, 4) is 0 Å². The second-order valence-corrected chi connectivity index (χ2v) is 6.95. The van der Waals surface area contributed by atoms with Crippen LogP contribution in [-0.4, -0.2) is 37.2 Å². The maximum absolute atomic E-state index is 11.5. The van der Waals surface area contributed by atoms with E-state index in [-0.39, 0.29) is 0 Å². The van der Waals surface area contributed by atoms with E-state index in [9.17, 15) is 4.79 Å². The van der Waals surface area contributed by atoms with Gasteiger partial charge in [0.1, 0.15) is 0 Å². The van der Waals surface area contributed by atoms with Crippen molar-refractivity contribution in [3.63, 3.8) is 0 Å². The van der Waals surface area contributed by atoms with Crippen LogP contribution in [0.3, 0.4) is 0 Å². The van der Waals surface area contributed by atoms with Crippen molar-refractivity contribution in [3.05, 3.63) is 23.8 Å². The molecule has 1 aromatic heterocycles. The van der Waals surface area contributed by atoms with Gasteiger partial charge in [0.05, 0.1) is 29.0 Å². The zero-order valence-electron chi connectivity index (χ0n) is 11.6. The number of carbonyl (C=O) groups is 1. The minimum Gasteiger partial charge on any atom is -0.380 e. The van der Waals surface area contributed by atoms with Crippen molar-refractivity contribution < 1.29 is 9.53 Å². The average molecular weight is 302 g/mol. The first kappa shape index (κ1) is 13.0. The van der Waals surface area contributed by atoms with E-state index < -0.39 is 5.91 Å². The molecule has 2 fully saturated rings. The third-order valence-electron chi connectivity index (χ3n) is 4.34. The minimum absolute atomic E-state index is 0.314. The molecule has 0 unspecified atom stereocenters. The molecule has 0 bridgehead atoms. The van der Waals surface area contributed by atoms with Crippen molar-refractivity contribution in [2.45, 2.75) is 12.8 Å². The Kier molecular flexibility index (Phi) is 2.90. The molecular formula is C15H16N3O2S. The molecule has 2 saturated heterocycles. The van der Waals surface area contributed by atoms with Gasteiger partial charge in [-0.15, -0.1) is 0 Å². The normalized spacial score (nSPS) is 20.7. The summed E-state index contributed by atoms with van der Waals surface area (Å²) in [5.74, 6) is -0.472. The van der Waals surface area contributed by atoms with Gasteiger partial charge in [0.2, 0.25) is 0 Å². The fourth-order valence-electron chi connectivity index (χ4n) is 3.20. The van der Waals surface area contributed by atoms with Crippen molar-refractivity contribution in [1.29, 1.82) is 0 Å². The van der Waals surface area contributed by atoms with E-state index in [1.807, 2.05) is 6.07 Å². The molecule has 5 nitrogen and oxygen atoms in total. The van der Waals surface area contributed by atoms with E-state index in [2.05, 4.69) is 16.0 Å². The van der Waals surface area contributed by atoms with Gasteiger partial charge in [-0.25, -0.2) is 4.98 Å². The number of nitrogens with zero attached hydrogens (tertiary/aromatic N) is 2. The molecule has 1 radical (unpaired) electrons. The van der Waals surface area contributed by atoms with Gasteiger partial charge in [0.15, 0.2) is 5.13 Å². The zero-order valence-corrected chi connectivity index (χ0v) is 12.4. The number of hydrogen-bond acceptors (Lipinski definition) is 5. The van der Waals surface area contributed by atoms with Gasteiger partial charge in [-0.05, 0) is 25.0 Å². The van der Waals surface area contributed by atoms with Crippen LogP contribution in [0.2, 0.25) is 0 Å². The maximum atomic E-state index is 11.5. The molecule has 4 rings (SSSR count). The average Bonchev–Trinajstić information content (AvgIpc) is 2.89. The third kappa shape index (κ3) is 2.10. The van der Waals surface area contributed by atoms with E-state index >= 15 is 0 Å². The highest BCUT2D eigenvalue weighted by atomic mass is 32.1. The number of aromatic nitrogens is 1. The molecule has 0 saturated carbocycles. The summed E-state index contributed by atoms with van der Waals surface area (Å²) in [7, 11) is 0. The maximum Gasteiger partial charge on any atom is 0.251 e. The fraction of sp³-hybridized carbons (Fsp3) is 0.467. The molecule has 2 aliphatic heterocycles. The Balaban J connectivity index is 1.70. The molecule has 1 aromatic carbocycles. The fourth-order valence-corrected chi connectivity index (χ4v) is 4.20. The summed E-state index contributed by atoms with van der Waals surface area (Å²) in [6.45, 7) is 3.71. The summed E-state index contributed by atoms with van der Waals surface area (Å²) in [5, 5.41) is 0.970. The van der Waals surface area contributed by atoms with E-state index in [1.54, 1.807) is 17.4 Å². The molecular weight excluding hydrogens is 286 g/mol. The minimum atomic E-state index is -0.472. The molecule has 3 heterocycles. The Morgan fingerprint density at radius 2 is 2.38 bits per heavy atom. The number of fused-ring (bicyclic) bond motifs is 1. The van der Waals surface area contributed by atoms with Crippen molar-refractivity contribution in [2.24, 2.45) is 11.1 Å². The van der Waals surface area contributed by atoms with E-state index in [1.165, 1.54) is 6.42 Å². The largest absolute Gasteiger partial charge is 0.380 e. The first-order valence-corrected chi connectivity index (χ1v) is 7.92. The second kappa shape index (κ2) is 4.68. The summed E-state index contributed by atoms with van der Waals surface area (Å²) in [4.78, 5) is 18.5. The Labute approximate surface area is 126 Å². The lowest BCUT2D eigenvalue weighted by molar-refractivity contribution is -0.117. The number of thiazole rings is 1. The quantitative estimate of drug-likeness (QED) is 0.918. The number of primary amides is 1. The lowest BCUT2D eigenvalue weighted by Crippen LogP contribution is -2.54. The first-order chi connectivity index (χ1) is 10.2. The van der Waals surface area contributed by atoms with Crippen LogP contribution >= 0.6 is 11.3 Å². The van der Waals surface area contributed by atoms with Gasteiger partial charge >= 0.3 is 0 Å².